The van der Waals surface area contributed by atoms with Gasteiger partial charge in [-0.2, -0.15) is 0 Å². The number of nitrogens with zero attached hydrogens (tertiary/aromatic N) is 1. The minimum absolute atomic E-state index is 0.205. The van der Waals surface area contributed by atoms with Gasteiger partial charge < -0.3 is 11.1 Å². The molecule has 0 fully saturated rings. The van der Waals surface area contributed by atoms with Crippen LogP contribution < -0.4 is 11.1 Å². The number of nitrogens with two attached hydrogens (primary N) is 1. The number of carbonyl (C=O) groups excluding carboxylic acids is 1. The normalized spacial score (nSPS) is 11.0. The van der Waals surface area contributed by atoms with Crippen LogP contribution in [0.2, 0.25) is 0 Å². The summed E-state index contributed by atoms with van der Waals surface area (Å²) in [5.41, 5.74) is 8.19. The summed E-state index contributed by atoms with van der Waals surface area (Å²) in [6.45, 7) is 0.414. The summed E-state index contributed by atoms with van der Waals surface area (Å²) in [5.74, 6) is -0.0431. The molecule has 6 heteroatoms. The number of hydrogen-bond acceptors (Lipinski definition) is 3. The Morgan fingerprint density at radius 1 is 0.963 bits per heavy atom. The lowest BCUT2D eigenvalue weighted by atomic mass is 10.0. The van der Waals surface area contributed by atoms with E-state index in [9.17, 15) is 4.79 Å². The fraction of sp³-hybridized carbons (Fsp3) is 0.0476. The minimum Gasteiger partial charge on any atom is -0.383 e. The summed E-state index contributed by atoms with van der Waals surface area (Å²) in [6, 6.07) is 19.7. The van der Waals surface area contributed by atoms with Crippen LogP contribution in [-0.2, 0) is 6.54 Å². The number of fused-ring (bicyclic) bond motifs is 2. The van der Waals surface area contributed by atoms with E-state index in [4.69, 9.17) is 5.73 Å². The first kappa shape index (κ1) is 17.9. The molecule has 0 saturated carbocycles. The zero-order chi connectivity index (χ0) is 19.0. The van der Waals surface area contributed by atoms with Crippen LogP contribution >= 0.6 is 31.9 Å². The number of hydrogen-bond donors (Lipinski definition) is 2. The predicted octanol–water partition coefficient (Wildman–Crippen LogP) is 5.43. The van der Waals surface area contributed by atoms with Crippen molar-refractivity contribution in [1.29, 1.82) is 0 Å². The highest BCUT2D eigenvalue weighted by atomic mass is 79.9. The Morgan fingerprint density at radius 3 is 2.56 bits per heavy atom. The molecular formula is C21H15Br2N3O. The van der Waals surface area contributed by atoms with Gasteiger partial charge in [0.25, 0.3) is 5.91 Å². The van der Waals surface area contributed by atoms with E-state index >= 15 is 0 Å². The Hall–Kier alpha value is -2.44. The molecule has 0 aliphatic carbocycles. The van der Waals surface area contributed by atoms with Gasteiger partial charge in [0.2, 0.25) is 0 Å². The largest absolute Gasteiger partial charge is 0.383 e. The third-order valence-electron chi connectivity index (χ3n) is 4.48. The molecule has 3 aromatic carbocycles. The zero-order valence-corrected chi connectivity index (χ0v) is 17.3. The summed E-state index contributed by atoms with van der Waals surface area (Å²) in [5, 5.41) is 6.05. The molecule has 0 saturated heterocycles. The molecule has 134 valence electrons. The van der Waals surface area contributed by atoms with E-state index in [-0.39, 0.29) is 11.7 Å². The van der Waals surface area contributed by atoms with E-state index in [1.807, 2.05) is 36.4 Å². The van der Waals surface area contributed by atoms with Gasteiger partial charge in [0, 0.05) is 20.9 Å². The molecule has 0 unspecified atom stereocenters. The number of rotatable bonds is 3. The topological polar surface area (TPSA) is 68.0 Å². The maximum Gasteiger partial charge on any atom is 0.255 e. The zero-order valence-electron chi connectivity index (χ0n) is 14.2. The highest BCUT2D eigenvalue weighted by molar-refractivity contribution is 9.11. The van der Waals surface area contributed by atoms with Crippen LogP contribution in [0.3, 0.4) is 0 Å². The lowest BCUT2D eigenvalue weighted by Gasteiger charge is -2.11. The molecule has 3 N–H and O–H groups in total. The summed E-state index contributed by atoms with van der Waals surface area (Å²) in [4.78, 5) is 17.2. The highest BCUT2D eigenvalue weighted by Gasteiger charge is 2.15. The minimum atomic E-state index is -0.248. The van der Waals surface area contributed by atoms with Crippen LogP contribution in [0, 0.1) is 0 Å². The van der Waals surface area contributed by atoms with E-state index in [1.54, 1.807) is 6.07 Å². The van der Waals surface area contributed by atoms with Crippen LogP contribution in [0.15, 0.2) is 69.6 Å². The van der Waals surface area contributed by atoms with Crippen molar-refractivity contribution in [2.75, 3.05) is 5.73 Å². The molecule has 0 radical (unpaired) electrons. The lowest BCUT2D eigenvalue weighted by Crippen LogP contribution is -2.24. The number of anilines is 1. The fourth-order valence-electron chi connectivity index (χ4n) is 3.11. The average Bonchev–Trinajstić information content (AvgIpc) is 2.68. The van der Waals surface area contributed by atoms with Crippen LogP contribution in [0.1, 0.15) is 15.9 Å². The molecule has 27 heavy (non-hydrogen) atoms. The van der Waals surface area contributed by atoms with E-state index < -0.39 is 0 Å². The maximum atomic E-state index is 12.8. The van der Waals surface area contributed by atoms with E-state index in [2.05, 4.69) is 60.4 Å². The van der Waals surface area contributed by atoms with E-state index in [0.717, 1.165) is 30.7 Å². The molecular weight excluding hydrogens is 470 g/mol. The predicted molar refractivity (Wildman–Crippen MR) is 117 cm³/mol. The highest BCUT2D eigenvalue weighted by Crippen LogP contribution is 2.31. The van der Waals surface area contributed by atoms with Crippen LogP contribution in [0.25, 0.3) is 21.7 Å². The Balaban J connectivity index is 1.65. The van der Waals surface area contributed by atoms with Crippen molar-refractivity contribution in [3.63, 3.8) is 0 Å². The molecule has 4 rings (SSSR count). The van der Waals surface area contributed by atoms with Gasteiger partial charge >= 0.3 is 0 Å². The van der Waals surface area contributed by atoms with Gasteiger partial charge in [0.1, 0.15) is 5.82 Å². The Labute approximate surface area is 173 Å². The summed E-state index contributed by atoms with van der Waals surface area (Å²) < 4.78 is 1.69. The van der Waals surface area contributed by atoms with E-state index in [0.29, 0.717) is 17.6 Å². The van der Waals surface area contributed by atoms with Gasteiger partial charge in [0.15, 0.2) is 0 Å². The van der Waals surface area contributed by atoms with Gasteiger partial charge in [0.05, 0.1) is 11.1 Å². The van der Waals surface area contributed by atoms with Gasteiger partial charge in [-0.15, -0.1) is 0 Å². The van der Waals surface area contributed by atoms with Crippen molar-refractivity contribution in [3.8, 4) is 0 Å². The van der Waals surface area contributed by atoms with Crippen molar-refractivity contribution in [2.45, 2.75) is 6.54 Å². The lowest BCUT2D eigenvalue weighted by molar-refractivity contribution is 0.0952. The summed E-state index contributed by atoms with van der Waals surface area (Å²) in [7, 11) is 0. The Kier molecular flexibility index (Phi) is 4.85. The molecule has 1 heterocycles. The molecule has 0 aliphatic rings. The first-order valence-electron chi connectivity index (χ1n) is 8.33. The van der Waals surface area contributed by atoms with Crippen molar-refractivity contribution in [1.82, 2.24) is 10.3 Å². The second-order valence-electron chi connectivity index (χ2n) is 6.17. The molecule has 1 aromatic heterocycles. The molecule has 0 aliphatic heterocycles. The first-order chi connectivity index (χ1) is 13.0. The number of pyridine rings is 1. The number of amides is 1. The molecule has 0 bridgehead atoms. The number of halogens is 2. The molecule has 1 amide bonds. The standard InChI is InChI=1S/C21H15Br2N3O/c22-17-8-9-18(23)19-15(17)10-16(20(24)26-19)21(27)25-11-13-6-3-5-12-4-1-2-7-14(12)13/h1-10H,11H2,(H2,24,26)(H,25,27). The molecule has 4 aromatic rings. The third kappa shape index (κ3) is 3.42. The molecule has 4 nitrogen and oxygen atoms in total. The van der Waals surface area contributed by atoms with Crippen LogP contribution in [0.5, 0.6) is 0 Å². The SMILES string of the molecule is Nc1nc2c(Br)ccc(Br)c2cc1C(=O)NCc1cccc2ccccc12. The maximum absolute atomic E-state index is 12.8. The van der Waals surface area contributed by atoms with Crippen molar-refractivity contribution >= 4 is 65.3 Å². The third-order valence-corrected chi connectivity index (χ3v) is 5.81. The quantitative estimate of drug-likeness (QED) is 0.407. The van der Waals surface area contributed by atoms with Gasteiger partial charge in [-0.05, 0) is 50.5 Å². The molecule has 0 atom stereocenters. The summed E-state index contributed by atoms with van der Waals surface area (Å²) in [6.07, 6.45) is 0. The number of benzene rings is 3. The average molecular weight is 485 g/mol. The molecule has 0 spiro atoms. The number of nitrogens with one attached hydrogen (secondary N) is 1. The second-order valence-corrected chi connectivity index (χ2v) is 7.88. The second kappa shape index (κ2) is 7.29. The van der Waals surface area contributed by atoms with Crippen molar-refractivity contribution < 1.29 is 4.79 Å². The smallest absolute Gasteiger partial charge is 0.255 e. The summed E-state index contributed by atoms with van der Waals surface area (Å²) >= 11 is 6.98. The fourth-order valence-corrected chi connectivity index (χ4v) is 3.97. The van der Waals surface area contributed by atoms with Gasteiger partial charge in [-0.25, -0.2) is 4.98 Å². The monoisotopic (exact) mass is 483 g/mol. The number of aromatic nitrogens is 1. The van der Waals surface area contributed by atoms with Crippen molar-refractivity contribution in [2.24, 2.45) is 0 Å². The van der Waals surface area contributed by atoms with Gasteiger partial charge in [-0.1, -0.05) is 58.4 Å². The van der Waals surface area contributed by atoms with Crippen LogP contribution in [0.4, 0.5) is 5.82 Å². The van der Waals surface area contributed by atoms with Crippen molar-refractivity contribution in [3.05, 3.63) is 80.7 Å². The number of nitrogen functional groups attached to an aromatic ring is 1. The van der Waals surface area contributed by atoms with E-state index in [1.165, 1.54) is 0 Å². The van der Waals surface area contributed by atoms with Gasteiger partial charge in [-0.3, -0.25) is 4.79 Å². The first-order valence-corrected chi connectivity index (χ1v) is 9.92. The number of carbonyl (C=O) groups is 1. The Morgan fingerprint density at radius 2 is 1.70 bits per heavy atom. The Bertz CT molecular complexity index is 1190. The van der Waals surface area contributed by atoms with Crippen LogP contribution in [-0.4, -0.2) is 10.9 Å².